The highest BCUT2D eigenvalue weighted by Crippen LogP contribution is 2.40. The lowest BCUT2D eigenvalue weighted by Gasteiger charge is -2.35. The molecule has 4 rings (SSSR count). The quantitative estimate of drug-likeness (QED) is 0.752. The Hall–Kier alpha value is -2.03. The van der Waals surface area contributed by atoms with E-state index in [0.717, 1.165) is 46.5 Å². The molecule has 1 saturated heterocycles. The number of piperazine rings is 1. The average molecular weight is 378 g/mol. The minimum Gasteiger partial charge on any atom is -0.396 e. The number of anilines is 2. The number of benzene rings is 1. The Labute approximate surface area is 154 Å². The van der Waals surface area contributed by atoms with Gasteiger partial charge in [0.15, 0.2) is 11.6 Å². The number of aryl methyl sites for hydroxylation is 1. The first kappa shape index (κ1) is 17.4. The second-order valence-electron chi connectivity index (χ2n) is 6.55. The maximum Gasteiger partial charge on any atom is 0.161 e. The second kappa shape index (κ2) is 6.94. The van der Waals surface area contributed by atoms with Crippen molar-refractivity contribution < 1.29 is 13.9 Å². The highest BCUT2D eigenvalue weighted by Gasteiger charge is 2.28. The number of aliphatic hydroxyl groups is 1. The molecule has 3 heterocycles. The van der Waals surface area contributed by atoms with Crippen LogP contribution in [0.25, 0.3) is 0 Å². The van der Waals surface area contributed by atoms with Crippen LogP contribution in [-0.4, -0.2) is 48.1 Å². The van der Waals surface area contributed by atoms with E-state index < -0.39 is 11.6 Å². The summed E-state index contributed by atoms with van der Waals surface area (Å²) in [6.07, 6.45) is 0.661. The first-order valence-electron chi connectivity index (χ1n) is 8.60. The van der Waals surface area contributed by atoms with Crippen molar-refractivity contribution in [2.45, 2.75) is 19.4 Å². The summed E-state index contributed by atoms with van der Waals surface area (Å²) in [5, 5.41) is 16.7. The number of hydrogen-bond acceptors (Lipinski definition) is 6. The third-order valence-electron chi connectivity index (χ3n) is 4.64. The summed E-state index contributed by atoms with van der Waals surface area (Å²) < 4.78 is 27.5. The fourth-order valence-electron chi connectivity index (χ4n) is 3.41. The summed E-state index contributed by atoms with van der Waals surface area (Å²) >= 11 is 1.57. The Kier molecular flexibility index (Phi) is 4.64. The molecule has 0 amide bonds. The summed E-state index contributed by atoms with van der Waals surface area (Å²) in [7, 11) is 0. The van der Waals surface area contributed by atoms with Crippen molar-refractivity contribution in [3.63, 3.8) is 0 Å². The molecule has 138 valence electrons. The SMILES string of the molecule is Cc1cc2c(s1)Nc1cc(F)c(F)cc1N=C2N1CCNC(CCO)C1. The highest BCUT2D eigenvalue weighted by molar-refractivity contribution is 7.16. The summed E-state index contributed by atoms with van der Waals surface area (Å²) in [5.74, 6) is -1.05. The monoisotopic (exact) mass is 378 g/mol. The van der Waals surface area contributed by atoms with Gasteiger partial charge in [0.05, 0.1) is 16.9 Å². The second-order valence-corrected chi connectivity index (χ2v) is 7.81. The van der Waals surface area contributed by atoms with Gasteiger partial charge in [-0.1, -0.05) is 0 Å². The molecule has 1 aromatic heterocycles. The largest absolute Gasteiger partial charge is 0.396 e. The van der Waals surface area contributed by atoms with E-state index in [-0.39, 0.29) is 12.6 Å². The number of aliphatic imine (C=N–C) groups is 1. The smallest absolute Gasteiger partial charge is 0.161 e. The molecule has 2 aliphatic rings. The number of rotatable bonds is 2. The van der Waals surface area contributed by atoms with Gasteiger partial charge >= 0.3 is 0 Å². The molecular formula is C18H20F2N4OS. The Morgan fingerprint density at radius 3 is 2.92 bits per heavy atom. The van der Waals surface area contributed by atoms with Crippen molar-refractivity contribution >= 4 is 33.5 Å². The van der Waals surface area contributed by atoms with Crippen LogP contribution in [0.15, 0.2) is 23.2 Å². The number of nitrogens with one attached hydrogen (secondary N) is 2. The molecule has 0 saturated carbocycles. The fourth-order valence-corrected chi connectivity index (χ4v) is 4.33. The van der Waals surface area contributed by atoms with Crippen molar-refractivity contribution in [1.29, 1.82) is 0 Å². The lowest BCUT2D eigenvalue weighted by atomic mass is 10.1. The molecule has 8 heteroatoms. The van der Waals surface area contributed by atoms with E-state index in [4.69, 9.17) is 4.99 Å². The first-order chi connectivity index (χ1) is 12.5. The van der Waals surface area contributed by atoms with Crippen LogP contribution in [-0.2, 0) is 0 Å². The predicted molar refractivity (Wildman–Crippen MR) is 100.0 cm³/mol. The Morgan fingerprint density at radius 1 is 1.31 bits per heavy atom. The van der Waals surface area contributed by atoms with Crippen molar-refractivity contribution in [1.82, 2.24) is 10.2 Å². The van der Waals surface area contributed by atoms with E-state index in [1.165, 1.54) is 0 Å². The Bertz CT molecular complexity index is 865. The fraction of sp³-hybridized carbons (Fsp3) is 0.389. The van der Waals surface area contributed by atoms with E-state index >= 15 is 0 Å². The molecule has 0 aliphatic carbocycles. The summed E-state index contributed by atoms with van der Waals surface area (Å²) in [6, 6.07) is 4.50. The summed E-state index contributed by atoms with van der Waals surface area (Å²) in [6.45, 7) is 4.37. The zero-order chi connectivity index (χ0) is 18.3. The van der Waals surface area contributed by atoms with Crippen LogP contribution in [0.5, 0.6) is 0 Å². The van der Waals surface area contributed by atoms with Gasteiger partial charge in [-0.3, -0.25) is 0 Å². The van der Waals surface area contributed by atoms with E-state index in [0.29, 0.717) is 24.3 Å². The van der Waals surface area contributed by atoms with Crippen molar-refractivity contribution in [2.75, 3.05) is 31.6 Å². The minimum absolute atomic E-state index is 0.121. The molecule has 3 N–H and O–H groups in total. The zero-order valence-corrected chi connectivity index (χ0v) is 15.2. The van der Waals surface area contributed by atoms with Crippen molar-refractivity contribution in [3.05, 3.63) is 40.3 Å². The van der Waals surface area contributed by atoms with Crippen molar-refractivity contribution in [2.24, 2.45) is 4.99 Å². The molecule has 2 aliphatic heterocycles. The number of halogens is 2. The van der Waals surface area contributed by atoms with Gasteiger partial charge in [0.25, 0.3) is 0 Å². The zero-order valence-electron chi connectivity index (χ0n) is 14.4. The van der Waals surface area contributed by atoms with Crippen LogP contribution in [0.1, 0.15) is 16.9 Å². The number of nitrogens with zero attached hydrogens (tertiary/aromatic N) is 2. The molecule has 26 heavy (non-hydrogen) atoms. The Balaban J connectivity index is 1.79. The predicted octanol–water partition coefficient (Wildman–Crippen LogP) is 3.13. The van der Waals surface area contributed by atoms with Gasteiger partial charge in [0, 0.05) is 49.3 Å². The van der Waals surface area contributed by atoms with Gasteiger partial charge in [0.1, 0.15) is 10.8 Å². The van der Waals surface area contributed by atoms with Gasteiger partial charge < -0.3 is 20.6 Å². The Morgan fingerprint density at radius 2 is 2.12 bits per heavy atom. The van der Waals surface area contributed by atoms with Crippen LogP contribution in [0.3, 0.4) is 0 Å². The minimum atomic E-state index is -0.909. The van der Waals surface area contributed by atoms with Gasteiger partial charge in [-0.25, -0.2) is 13.8 Å². The number of fused-ring (bicyclic) bond motifs is 2. The van der Waals surface area contributed by atoms with E-state index in [1.807, 2.05) is 13.0 Å². The molecule has 0 radical (unpaired) electrons. The molecule has 1 atom stereocenters. The molecule has 0 bridgehead atoms. The highest BCUT2D eigenvalue weighted by atomic mass is 32.1. The molecule has 5 nitrogen and oxygen atoms in total. The molecule has 1 fully saturated rings. The third kappa shape index (κ3) is 3.20. The molecule has 0 spiro atoms. The van der Waals surface area contributed by atoms with Crippen LogP contribution < -0.4 is 10.6 Å². The van der Waals surface area contributed by atoms with Gasteiger partial charge in [-0.15, -0.1) is 11.3 Å². The maximum atomic E-state index is 13.8. The molecule has 1 unspecified atom stereocenters. The van der Waals surface area contributed by atoms with Gasteiger partial charge in [-0.05, 0) is 19.4 Å². The first-order valence-corrected chi connectivity index (χ1v) is 9.41. The van der Waals surface area contributed by atoms with Gasteiger partial charge in [-0.2, -0.15) is 0 Å². The molecular weight excluding hydrogens is 358 g/mol. The molecule has 1 aromatic carbocycles. The standard InChI is InChI=1S/C18H20F2N4OS/c1-10-6-12-17(24-4-3-21-11(9-24)2-5-25)22-15-7-13(19)14(20)8-16(15)23-18(12)26-10/h6-8,11,21,23,25H,2-5,9H2,1H3. The molecule has 2 aromatic rings. The van der Waals surface area contributed by atoms with Crippen molar-refractivity contribution in [3.8, 4) is 0 Å². The normalized spacial score (nSPS) is 19.3. The summed E-state index contributed by atoms with van der Waals surface area (Å²) in [5.41, 5.74) is 1.79. The van der Waals surface area contributed by atoms with Crippen LogP contribution in [0, 0.1) is 18.6 Å². The van der Waals surface area contributed by atoms with Crippen LogP contribution in [0.4, 0.5) is 25.2 Å². The van der Waals surface area contributed by atoms with Crippen LogP contribution in [0.2, 0.25) is 0 Å². The van der Waals surface area contributed by atoms with Gasteiger partial charge in [0.2, 0.25) is 0 Å². The average Bonchev–Trinajstić information content (AvgIpc) is 2.90. The summed E-state index contributed by atoms with van der Waals surface area (Å²) in [4.78, 5) is 7.97. The van der Waals surface area contributed by atoms with E-state index in [1.54, 1.807) is 11.3 Å². The number of aliphatic hydroxyl groups excluding tert-OH is 1. The lowest BCUT2D eigenvalue weighted by Crippen LogP contribution is -2.53. The maximum absolute atomic E-state index is 13.8. The lowest BCUT2D eigenvalue weighted by molar-refractivity contribution is 0.223. The van der Waals surface area contributed by atoms with E-state index in [9.17, 15) is 13.9 Å². The number of amidine groups is 1. The van der Waals surface area contributed by atoms with Crippen LogP contribution >= 0.6 is 11.3 Å². The topological polar surface area (TPSA) is 59.9 Å². The van der Waals surface area contributed by atoms with E-state index in [2.05, 4.69) is 15.5 Å². The number of hydrogen-bond donors (Lipinski definition) is 3. The third-order valence-corrected chi connectivity index (χ3v) is 5.61. The number of thiophene rings is 1.